The van der Waals surface area contributed by atoms with Crippen LogP contribution in [0.3, 0.4) is 0 Å². The van der Waals surface area contributed by atoms with Crippen molar-refractivity contribution >= 4 is 18.0 Å². The highest BCUT2D eigenvalue weighted by Crippen LogP contribution is 2.15. The highest BCUT2D eigenvalue weighted by Gasteiger charge is 2.22. The Morgan fingerprint density at radius 2 is 2.04 bits per heavy atom. The van der Waals surface area contributed by atoms with Crippen LogP contribution in [-0.4, -0.2) is 41.2 Å². The largest absolute Gasteiger partial charge is 0.447 e. The molecule has 1 amide bonds. The van der Waals surface area contributed by atoms with E-state index in [0.717, 1.165) is 5.56 Å². The van der Waals surface area contributed by atoms with Crippen LogP contribution >= 0.6 is 0 Å². The van der Waals surface area contributed by atoms with Gasteiger partial charge in [-0.25, -0.2) is 14.8 Å². The van der Waals surface area contributed by atoms with Gasteiger partial charge < -0.3 is 20.1 Å². The molecule has 26 heavy (non-hydrogen) atoms. The summed E-state index contributed by atoms with van der Waals surface area (Å²) in [5, 5.41) is 5.77. The van der Waals surface area contributed by atoms with Crippen molar-refractivity contribution in [3.05, 3.63) is 48.3 Å². The molecular weight excluding hydrogens is 336 g/mol. The van der Waals surface area contributed by atoms with Crippen molar-refractivity contribution in [2.24, 2.45) is 0 Å². The fourth-order valence-electron chi connectivity index (χ4n) is 2.52. The zero-order valence-corrected chi connectivity index (χ0v) is 14.2. The Bertz CT molecular complexity index is 737. The maximum absolute atomic E-state index is 11.9. The van der Waals surface area contributed by atoms with Crippen molar-refractivity contribution in [1.29, 1.82) is 0 Å². The predicted octanol–water partition coefficient (Wildman–Crippen LogP) is 1.93. The van der Waals surface area contributed by atoms with E-state index in [0.29, 0.717) is 44.1 Å². The van der Waals surface area contributed by atoms with Crippen LogP contribution in [0.2, 0.25) is 0 Å². The standard InChI is InChI=1S/C18H20N4O4/c23-16(3-1-8-19-17-20-9-2-10-21-17)26-15-6-4-13(5-7-15)11-14-12-25-18(24)22-14/h2,4-7,9-10,14H,1,3,8,11-12H2,(H,22,24)(H,19,20,21)/t14-/m0/s1. The lowest BCUT2D eigenvalue weighted by atomic mass is 10.1. The molecule has 1 fully saturated rings. The Morgan fingerprint density at radius 3 is 2.73 bits per heavy atom. The van der Waals surface area contributed by atoms with E-state index in [-0.39, 0.29) is 18.1 Å². The average Bonchev–Trinajstić information content (AvgIpc) is 3.06. The molecule has 0 radical (unpaired) electrons. The summed E-state index contributed by atoms with van der Waals surface area (Å²) in [4.78, 5) is 31.0. The molecule has 0 saturated carbocycles. The summed E-state index contributed by atoms with van der Waals surface area (Å²) >= 11 is 0. The number of anilines is 1. The summed E-state index contributed by atoms with van der Waals surface area (Å²) in [6.07, 6.45) is 4.52. The van der Waals surface area contributed by atoms with Gasteiger partial charge in [0.05, 0.1) is 6.04 Å². The molecule has 2 N–H and O–H groups in total. The van der Waals surface area contributed by atoms with Crippen LogP contribution in [-0.2, 0) is 16.0 Å². The SMILES string of the molecule is O=C(CCCNc1ncccn1)Oc1ccc(C[C@H]2COC(=O)N2)cc1. The van der Waals surface area contributed by atoms with Crippen molar-refractivity contribution in [3.63, 3.8) is 0 Å². The second-order valence-electron chi connectivity index (χ2n) is 5.86. The Labute approximate surface area is 150 Å². The van der Waals surface area contributed by atoms with E-state index in [2.05, 4.69) is 20.6 Å². The highest BCUT2D eigenvalue weighted by atomic mass is 16.6. The lowest BCUT2D eigenvalue weighted by molar-refractivity contribution is -0.134. The molecule has 0 spiro atoms. The molecule has 0 bridgehead atoms. The molecule has 1 atom stereocenters. The lowest BCUT2D eigenvalue weighted by Gasteiger charge is -2.09. The van der Waals surface area contributed by atoms with Gasteiger partial charge in [0, 0.05) is 25.4 Å². The van der Waals surface area contributed by atoms with Crippen LogP contribution in [0.4, 0.5) is 10.7 Å². The van der Waals surface area contributed by atoms with Gasteiger partial charge in [0.15, 0.2) is 0 Å². The third-order valence-corrected chi connectivity index (χ3v) is 3.78. The molecule has 3 rings (SSSR count). The third-order valence-electron chi connectivity index (χ3n) is 3.78. The van der Waals surface area contributed by atoms with Gasteiger partial charge in [0.1, 0.15) is 12.4 Å². The Hall–Kier alpha value is -3.16. The summed E-state index contributed by atoms with van der Waals surface area (Å²) in [5.74, 6) is 0.759. The van der Waals surface area contributed by atoms with Crippen molar-refractivity contribution in [2.75, 3.05) is 18.5 Å². The number of alkyl carbamates (subject to hydrolysis) is 1. The molecule has 2 heterocycles. The van der Waals surface area contributed by atoms with E-state index < -0.39 is 0 Å². The quantitative estimate of drug-likeness (QED) is 0.423. The van der Waals surface area contributed by atoms with Crippen LogP contribution in [0.25, 0.3) is 0 Å². The van der Waals surface area contributed by atoms with Crippen molar-refractivity contribution in [3.8, 4) is 5.75 Å². The summed E-state index contributed by atoms with van der Waals surface area (Å²) < 4.78 is 10.2. The molecule has 1 aliphatic rings. The van der Waals surface area contributed by atoms with E-state index in [1.54, 1.807) is 30.6 Å². The minimum atomic E-state index is -0.381. The topological polar surface area (TPSA) is 102 Å². The van der Waals surface area contributed by atoms with E-state index in [1.807, 2.05) is 12.1 Å². The summed E-state index contributed by atoms with van der Waals surface area (Å²) in [7, 11) is 0. The van der Waals surface area contributed by atoms with Gasteiger partial charge >= 0.3 is 12.1 Å². The molecule has 8 heteroatoms. The number of carbonyl (C=O) groups is 2. The fraction of sp³-hybridized carbons (Fsp3) is 0.333. The normalized spacial score (nSPS) is 15.8. The van der Waals surface area contributed by atoms with Gasteiger partial charge in [-0.2, -0.15) is 0 Å². The number of hydrogen-bond donors (Lipinski definition) is 2. The number of esters is 1. The van der Waals surface area contributed by atoms with E-state index in [1.165, 1.54) is 0 Å². The molecule has 0 unspecified atom stereocenters. The first-order chi connectivity index (χ1) is 12.7. The van der Waals surface area contributed by atoms with Crippen molar-refractivity contribution in [2.45, 2.75) is 25.3 Å². The zero-order valence-electron chi connectivity index (χ0n) is 14.2. The number of aromatic nitrogens is 2. The number of hydrogen-bond acceptors (Lipinski definition) is 7. The van der Waals surface area contributed by atoms with Gasteiger partial charge in [0.2, 0.25) is 5.95 Å². The number of amides is 1. The molecule has 2 aromatic rings. The van der Waals surface area contributed by atoms with Crippen LogP contribution in [0.1, 0.15) is 18.4 Å². The minimum absolute atomic E-state index is 0.0167. The molecule has 1 aliphatic heterocycles. The van der Waals surface area contributed by atoms with Gasteiger partial charge in [-0.1, -0.05) is 12.1 Å². The molecule has 0 aliphatic carbocycles. The molecule has 1 saturated heterocycles. The first kappa shape index (κ1) is 17.7. The maximum Gasteiger partial charge on any atom is 0.407 e. The third kappa shape index (κ3) is 5.44. The number of benzene rings is 1. The van der Waals surface area contributed by atoms with E-state index in [9.17, 15) is 9.59 Å². The summed E-state index contributed by atoms with van der Waals surface area (Å²) in [6.45, 7) is 0.963. The van der Waals surface area contributed by atoms with Crippen LogP contribution in [0, 0.1) is 0 Å². The number of carbonyl (C=O) groups excluding carboxylic acids is 2. The summed E-state index contributed by atoms with van der Waals surface area (Å²) in [5.41, 5.74) is 1.03. The van der Waals surface area contributed by atoms with E-state index in [4.69, 9.17) is 9.47 Å². The molecular formula is C18H20N4O4. The number of ether oxygens (including phenoxy) is 2. The van der Waals surface area contributed by atoms with E-state index >= 15 is 0 Å². The zero-order chi connectivity index (χ0) is 18.2. The smallest absolute Gasteiger partial charge is 0.407 e. The molecule has 1 aromatic heterocycles. The number of nitrogens with zero attached hydrogens (tertiary/aromatic N) is 2. The van der Waals surface area contributed by atoms with Gasteiger partial charge in [0.25, 0.3) is 0 Å². The summed E-state index contributed by atoms with van der Waals surface area (Å²) in [6, 6.07) is 8.98. The maximum atomic E-state index is 11.9. The Balaban J connectivity index is 1.36. The first-order valence-electron chi connectivity index (χ1n) is 8.43. The van der Waals surface area contributed by atoms with Crippen LogP contribution in [0.15, 0.2) is 42.7 Å². The Morgan fingerprint density at radius 1 is 1.27 bits per heavy atom. The van der Waals surface area contributed by atoms with Crippen molar-refractivity contribution in [1.82, 2.24) is 15.3 Å². The van der Waals surface area contributed by atoms with Gasteiger partial charge in [-0.15, -0.1) is 0 Å². The molecule has 136 valence electrons. The van der Waals surface area contributed by atoms with Crippen molar-refractivity contribution < 1.29 is 19.1 Å². The highest BCUT2D eigenvalue weighted by molar-refractivity contribution is 5.72. The lowest BCUT2D eigenvalue weighted by Crippen LogP contribution is -2.28. The molecule has 8 nitrogen and oxygen atoms in total. The van der Waals surface area contributed by atoms with Crippen LogP contribution < -0.4 is 15.4 Å². The number of cyclic esters (lactones) is 1. The van der Waals surface area contributed by atoms with Gasteiger partial charge in [-0.05, 0) is 36.6 Å². The average molecular weight is 356 g/mol. The second kappa shape index (κ2) is 8.80. The molecule has 1 aromatic carbocycles. The number of nitrogens with one attached hydrogen (secondary N) is 2. The number of rotatable bonds is 8. The monoisotopic (exact) mass is 356 g/mol. The Kier molecular flexibility index (Phi) is 5.97. The van der Waals surface area contributed by atoms with Crippen LogP contribution in [0.5, 0.6) is 5.75 Å². The first-order valence-corrected chi connectivity index (χ1v) is 8.43. The van der Waals surface area contributed by atoms with Gasteiger partial charge in [-0.3, -0.25) is 4.79 Å². The predicted molar refractivity (Wildman–Crippen MR) is 93.8 cm³/mol. The second-order valence-corrected chi connectivity index (χ2v) is 5.86. The fourth-order valence-corrected chi connectivity index (χ4v) is 2.52. The minimum Gasteiger partial charge on any atom is -0.447 e.